The number of fused-ring (bicyclic) bond motifs is 1. The molecule has 0 saturated heterocycles. The molecule has 3 aliphatic carbocycles. The van der Waals surface area contributed by atoms with Gasteiger partial charge in [0, 0.05) is 12.5 Å². The number of carbonyl (C=O) groups excluding carboxylic acids is 1. The fraction of sp³-hybridized carbons (Fsp3) is 0.941. The van der Waals surface area contributed by atoms with Gasteiger partial charge in [0.25, 0.3) is 0 Å². The first kappa shape index (κ1) is 14.4. The van der Waals surface area contributed by atoms with E-state index < -0.39 is 0 Å². The van der Waals surface area contributed by atoms with E-state index in [1.54, 1.807) is 0 Å². The van der Waals surface area contributed by atoms with Crippen molar-refractivity contribution in [3.8, 4) is 0 Å². The molecule has 3 N–H and O–H groups in total. The van der Waals surface area contributed by atoms with E-state index in [-0.39, 0.29) is 0 Å². The summed E-state index contributed by atoms with van der Waals surface area (Å²) in [7, 11) is 0. The third-order valence-electron chi connectivity index (χ3n) is 6.18. The summed E-state index contributed by atoms with van der Waals surface area (Å²) in [6, 6.07) is 0. The predicted octanol–water partition coefficient (Wildman–Crippen LogP) is 2.84. The molecule has 3 heteroatoms. The highest BCUT2D eigenvalue weighted by Crippen LogP contribution is 2.48. The van der Waals surface area contributed by atoms with Crippen molar-refractivity contribution in [3.05, 3.63) is 0 Å². The van der Waals surface area contributed by atoms with Crippen LogP contribution in [-0.4, -0.2) is 19.0 Å². The minimum absolute atomic E-state index is 0.294. The van der Waals surface area contributed by atoms with E-state index in [1.165, 1.54) is 44.9 Å². The van der Waals surface area contributed by atoms with E-state index in [2.05, 4.69) is 5.32 Å². The Hall–Kier alpha value is -0.570. The summed E-state index contributed by atoms with van der Waals surface area (Å²) in [6.07, 6.45) is 12.7. The molecule has 3 nitrogen and oxygen atoms in total. The van der Waals surface area contributed by atoms with E-state index >= 15 is 0 Å². The fourth-order valence-electron chi connectivity index (χ4n) is 4.53. The highest BCUT2D eigenvalue weighted by molar-refractivity contribution is 5.78. The van der Waals surface area contributed by atoms with E-state index in [0.29, 0.717) is 17.2 Å². The zero-order valence-corrected chi connectivity index (χ0v) is 12.7. The van der Waals surface area contributed by atoms with Crippen molar-refractivity contribution in [2.45, 2.75) is 64.2 Å². The van der Waals surface area contributed by atoms with Gasteiger partial charge in [-0.3, -0.25) is 4.79 Å². The van der Waals surface area contributed by atoms with Crippen LogP contribution in [0.2, 0.25) is 0 Å². The number of nitrogens with one attached hydrogen (secondary N) is 1. The average Bonchev–Trinajstić information content (AvgIpc) is 3.25. The van der Waals surface area contributed by atoms with Crippen molar-refractivity contribution in [1.82, 2.24) is 5.32 Å². The van der Waals surface area contributed by atoms with E-state index in [9.17, 15) is 4.79 Å². The summed E-state index contributed by atoms with van der Waals surface area (Å²) in [5, 5.41) is 3.24. The van der Waals surface area contributed by atoms with Crippen molar-refractivity contribution in [1.29, 1.82) is 0 Å². The molecule has 0 spiro atoms. The van der Waals surface area contributed by atoms with Crippen LogP contribution in [0.1, 0.15) is 64.2 Å². The predicted molar refractivity (Wildman–Crippen MR) is 81.1 cm³/mol. The molecule has 0 heterocycles. The van der Waals surface area contributed by atoms with Gasteiger partial charge in [-0.1, -0.05) is 25.7 Å². The Morgan fingerprint density at radius 2 is 1.85 bits per heavy atom. The van der Waals surface area contributed by atoms with Crippen LogP contribution in [0, 0.1) is 23.2 Å². The molecule has 0 aromatic carbocycles. The lowest BCUT2D eigenvalue weighted by molar-refractivity contribution is -0.127. The first-order chi connectivity index (χ1) is 9.72. The van der Waals surface area contributed by atoms with Crippen molar-refractivity contribution in [2.24, 2.45) is 28.9 Å². The van der Waals surface area contributed by atoms with E-state index in [1.807, 2.05) is 0 Å². The van der Waals surface area contributed by atoms with Gasteiger partial charge in [0.05, 0.1) is 0 Å². The Bertz CT molecular complexity index is 351. The smallest absolute Gasteiger partial charge is 0.223 e. The molecule has 0 aromatic heterocycles. The van der Waals surface area contributed by atoms with Crippen LogP contribution in [0.4, 0.5) is 0 Å². The Kier molecular flexibility index (Phi) is 4.34. The lowest BCUT2D eigenvalue weighted by atomic mass is 9.67. The van der Waals surface area contributed by atoms with Crippen LogP contribution in [0.5, 0.6) is 0 Å². The second-order valence-corrected chi connectivity index (χ2v) is 7.57. The Labute approximate surface area is 123 Å². The molecule has 3 rings (SSSR count). The first-order valence-electron chi connectivity index (χ1n) is 8.70. The van der Waals surface area contributed by atoms with E-state index in [4.69, 9.17) is 5.73 Å². The Balaban J connectivity index is 1.46. The molecule has 3 saturated carbocycles. The minimum atomic E-state index is 0.294. The maximum atomic E-state index is 12.4. The summed E-state index contributed by atoms with van der Waals surface area (Å²) in [4.78, 5) is 12.4. The van der Waals surface area contributed by atoms with Crippen LogP contribution >= 0.6 is 0 Å². The molecule has 1 amide bonds. The van der Waals surface area contributed by atoms with Crippen molar-refractivity contribution in [3.63, 3.8) is 0 Å². The topological polar surface area (TPSA) is 55.1 Å². The number of carbonyl (C=O) groups is 1. The van der Waals surface area contributed by atoms with Gasteiger partial charge >= 0.3 is 0 Å². The zero-order valence-electron chi connectivity index (χ0n) is 12.7. The van der Waals surface area contributed by atoms with Crippen LogP contribution < -0.4 is 11.1 Å². The highest BCUT2D eigenvalue weighted by Gasteiger charge is 2.42. The third kappa shape index (κ3) is 3.19. The minimum Gasteiger partial charge on any atom is -0.355 e. The molecule has 20 heavy (non-hydrogen) atoms. The maximum Gasteiger partial charge on any atom is 0.223 e. The molecular formula is C17H30N2O. The molecule has 0 aromatic rings. The lowest BCUT2D eigenvalue weighted by Gasteiger charge is -2.38. The summed E-state index contributed by atoms with van der Waals surface area (Å²) < 4.78 is 0. The summed E-state index contributed by atoms with van der Waals surface area (Å²) in [5.41, 5.74) is 6.03. The third-order valence-corrected chi connectivity index (χ3v) is 6.18. The number of rotatable bonds is 5. The van der Waals surface area contributed by atoms with Crippen molar-refractivity contribution >= 4 is 5.91 Å². The largest absolute Gasteiger partial charge is 0.355 e. The molecule has 3 fully saturated rings. The maximum absolute atomic E-state index is 12.4. The monoisotopic (exact) mass is 278 g/mol. The molecule has 3 aliphatic rings. The summed E-state index contributed by atoms with van der Waals surface area (Å²) in [5.74, 6) is 2.40. The SMILES string of the molecule is NCCC1(CNC(=O)C2CCC3CCCCC3C2)CC1. The molecular weight excluding hydrogens is 248 g/mol. The molecule has 0 radical (unpaired) electrons. The Morgan fingerprint density at radius 3 is 2.55 bits per heavy atom. The molecule has 114 valence electrons. The van der Waals surface area contributed by atoms with Gasteiger partial charge in [-0.2, -0.15) is 0 Å². The molecule has 3 unspecified atom stereocenters. The van der Waals surface area contributed by atoms with Crippen LogP contribution in [0.3, 0.4) is 0 Å². The standard InChI is InChI=1S/C17H30N2O/c18-10-9-17(7-8-17)12-19-16(20)15-6-5-13-3-1-2-4-14(13)11-15/h13-15H,1-12,18H2,(H,19,20). The number of nitrogens with two attached hydrogens (primary N) is 1. The second-order valence-electron chi connectivity index (χ2n) is 7.57. The van der Waals surface area contributed by atoms with Gasteiger partial charge in [-0.15, -0.1) is 0 Å². The quantitative estimate of drug-likeness (QED) is 0.812. The molecule has 3 atom stereocenters. The van der Waals surface area contributed by atoms with E-state index in [0.717, 1.165) is 44.2 Å². The van der Waals surface area contributed by atoms with Crippen molar-refractivity contribution < 1.29 is 4.79 Å². The van der Waals surface area contributed by atoms with Crippen LogP contribution in [0.25, 0.3) is 0 Å². The van der Waals surface area contributed by atoms with Gasteiger partial charge in [0.15, 0.2) is 0 Å². The fourth-order valence-corrected chi connectivity index (χ4v) is 4.53. The van der Waals surface area contributed by atoms with Gasteiger partial charge in [0.1, 0.15) is 0 Å². The number of hydrogen-bond donors (Lipinski definition) is 2. The summed E-state index contributed by atoms with van der Waals surface area (Å²) in [6.45, 7) is 1.62. The average molecular weight is 278 g/mol. The highest BCUT2D eigenvalue weighted by atomic mass is 16.1. The van der Waals surface area contributed by atoms with Crippen molar-refractivity contribution in [2.75, 3.05) is 13.1 Å². The summed E-state index contributed by atoms with van der Waals surface area (Å²) >= 11 is 0. The first-order valence-corrected chi connectivity index (χ1v) is 8.70. The van der Waals surface area contributed by atoms with Crippen LogP contribution in [0.15, 0.2) is 0 Å². The van der Waals surface area contributed by atoms with Gasteiger partial charge < -0.3 is 11.1 Å². The number of amides is 1. The van der Waals surface area contributed by atoms with Gasteiger partial charge in [0.2, 0.25) is 5.91 Å². The van der Waals surface area contributed by atoms with Crippen LogP contribution in [-0.2, 0) is 4.79 Å². The molecule has 0 aliphatic heterocycles. The van der Waals surface area contributed by atoms with Gasteiger partial charge in [-0.05, 0) is 62.3 Å². The normalized spacial score (nSPS) is 35.1. The zero-order chi connectivity index (χ0) is 14.0. The lowest BCUT2D eigenvalue weighted by Crippen LogP contribution is -2.39. The Morgan fingerprint density at radius 1 is 1.10 bits per heavy atom. The number of hydrogen-bond acceptors (Lipinski definition) is 2. The van der Waals surface area contributed by atoms with Gasteiger partial charge in [-0.25, -0.2) is 0 Å². The molecule has 0 bridgehead atoms. The second kappa shape index (κ2) is 6.05.